The monoisotopic (exact) mass is 397 g/mol. The van der Waals surface area contributed by atoms with Gasteiger partial charge in [0.05, 0.1) is 11.5 Å². The standard InChI is InChI=1S/C20H28FNO6/c1-2-3-4-5-6-7-13-27-19(23)9-8-10-20(24)28-15-16-11-12-17(21)18(14-16)22(25)26/h11-12,14H,2-10,13,15H2,1H3. The van der Waals surface area contributed by atoms with Crippen molar-refractivity contribution in [1.29, 1.82) is 0 Å². The number of nitro groups is 1. The van der Waals surface area contributed by atoms with E-state index in [2.05, 4.69) is 6.92 Å². The van der Waals surface area contributed by atoms with Crippen LogP contribution >= 0.6 is 0 Å². The van der Waals surface area contributed by atoms with Gasteiger partial charge in [-0.15, -0.1) is 0 Å². The molecule has 0 heterocycles. The Labute approximate surface area is 164 Å². The maximum absolute atomic E-state index is 13.2. The highest BCUT2D eigenvalue weighted by atomic mass is 19.1. The van der Waals surface area contributed by atoms with Crippen molar-refractivity contribution in [3.8, 4) is 0 Å². The molecule has 7 nitrogen and oxygen atoms in total. The minimum Gasteiger partial charge on any atom is -0.466 e. The number of nitrogens with zero attached hydrogens (tertiary/aromatic N) is 1. The van der Waals surface area contributed by atoms with Crippen LogP contribution < -0.4 is 0 Å². The number of hydrogen-bond acceptors (Lipinski definition) is 6. The molecule has 0 saturated carbocycles. The lowest BCUT2D eigenvalue weighted by Crippen LogP contribution is -2.09. The molecule has 1 rings (SSSR count). The predicted octanol–water partition coefficient (Wildman–Crippen LogP) is 4.85. The van der Waals surface area contributed by atoms with E-state index in [9.17, 15) is 24.1 Å². The number of carbonyl (C=O) groups is 2. The molecule has 0 spiro atoms. The van der Waals surface area contributed by atoms with Crippen LogP contribution in [0, 0.1) is 15.9 Å². The maximum Gasteiger partial charge on any atom is 0.306 e. The summed E-state index contributed by atoms with van der Waals surface area (Å²) in [5, 5.41) is 10.7. The molecule has 0 saturated heterocycles. The Balaban J connectivity index is 2.14. The van der Waals surface area contributed by atoms with E-state index in [1.165, 1.54) is 25.3 Å². The van der Waals surface area contributed by atoms with Crippen molar-refractivity contribution >= 4 is 17.6 Å². The van der Waals surface area contributed by atoms with Gasteiger partial charge in [-0.2, -0.15) is 4.39 Å². The molecule has 0 bridgehead atoms. The number of nitro benzene ring substituents is 1. The third-order valence-electron chi connectivity index (χ3n) is 4.13. The van der Waals surface area contributed by atoms with Gasteiger partial charge < -0.3 is 9.47 Å². The van der Waals surface area contributed by atoms with Crippen LogP contribution in [0.15, 0.2) is 18.2 Å². The molecule has 0 radical (unpaired) electrons. The van der Waals surface area contributed by atoms with Crippen molar-refractivity contribution in [3.05, 3.63) is 39.7 Å². The molecule has 0 aliphatic carbocycles. The first kappa shape index (κ1) is 23.5. The van der Waals surface area contributed by atoms with E-state index in [0.29, 0.717) is 18.6 Å². The van der Waals surface area contributed by atoms with Gasteiger partial charge in [0.1, 0.15) is 6.61 Å². The van der Waals surface area contributed by atoms with Crippen LogP contribution in [0.4, 0.5) is 10.1 Å². The summed E-state index contributed by atoms with van der Waals surface area (Å²) < 4.78 is 23.4. The zero-order valence-electron chi connectivity index (χ0n) is 16.3. The molecule has 28 heavy (non-hydrogen) atoms. The van der Waals surface area contributed by atoms with E-state index in [1.807, 2.05) is 0 Å². The van der Waals surface area contributed by atoms with E-state index >= 15 is 0 Å². The lowest BCUT2D eigenvalue weighted by molar-refractivity contribution is -0.387. The topological polar surface area (TPSA) is 95.7 Å². The summed E-state index contributed by atoms with van der Waals surface area (Å²) >= 11 is 0. The van der Waals surface area contributed by atoms with E-state index in [4.69, 9.17) is 9.47 Å². The zero-order valence-corrected chi connectivity index (χ0v) is 16.3. The highest BCUT2D eigenvalue weighted by Gasteiger charge is 2.15. The molecule has 0 aliphatic rings. The Morgan fingerprint density at radius 2 is 1.64 bits per heavy atom. The Kier molecular flexibility index (Phi) is 11.5. The number of hydrogen-bond donors (Lipinski definition) is 0. The minimum atomic E-state index is -0.945. The summed E-state index contributed by atoms with van der Waals surface area (Å²) in [7, 11) is 0. The Morgan fingerprint density at radius 3 is 2.32 bits per heavy atom. The molecule has 0 N–H and O–H groups in total. The second kappa shape index (κ2) is 13.6. The van der Waals surface area contributed by atoms with Crippen molar-refractivity contribution in [1.82, 2.24) is 0 Å². The first-order chi connectivity index (χ1) is 13.4. The van der Waals surface area contributed by atoms with E-state index in [-0.39, 0.29) is 25.4 Å². The second-order valence-electron chi connectivity index (χ2n) is 6.55. The van der Waals surface area contributed by atoms with Gasteiger partial charge in [-0.05, 0) is 24.5 Å². The molecule has 0 fully saturated rings. The fourth-order valence-corrected chi connectivity index (χ4v) is 2.54. The predicted molar refractivity (Wildman–Crippen MR) is 101 cm³/mol. The normalized spacial score (nSPS) is 10.5. The zero-order chi connectivity index (χ0) is 20.8. The average Bonchev–Trinajstić information content (AvgIpc) is 2.66. The highest BCUT2D eigenvalue weighted by Crippen LogP contribution is 2.19. The largest absolute Gasteiger partial charge is 0.466 e. The smallest absolute Gasteiger partial charge is 0.306 e. The van der Waals surface area contributed by atoms with Crippen LogP contribution in [0.3, 0.4) is 0 Å². The summed E-state index contributed by atoms with van der Waals surface area (Å²) in [6.07, 6.45) is 7.14. The number of rotatable bonds is 14. The van der Waals surface area contributed by atoms with Crippen molar-refractivity contribution in [2.75, 3.05) is 6.61 Å². The molecule has 0 atom stereocenters. The molecular formula is C20H28FNO6. The molecule has 156 valence electrons. The first-order valence-corrected chi connectivity index (χ1v) is 9.68. The summed E-state index contributed by atoms with van der Waals surface area (Å²) in [5.41, 5.74) is -0.346. The maximum atomic E-state index is 13.2. The van der Waals surface area contributed by atoms with Gasteiger partial charge in [0, 0.05) is 18.9 Å². The third-order valence-corrected chi connectivity index (χ3v) is 4.13. The highest BCUT2D eigenvalue weighted by molar-refractivity contribution is 5.72. The average molecular weight is 397 g/mol. The SMILES string of the molecule is CCCCCCCCOC(=O)CCCC(=O)OCc1ccc(F)c([N+](=O)[O-])c1. The number of benzene rings is 1. The summed E-state index contributed by atoms with van der Waals surface area (Å²) in [6, 6.07) is 3.30. The van der Waals surface area contributed by atoms with Crippen LogP contribution in [0.5, 0.6) is 0 Å². The molecule has 1 aromatic rings. The number of unbranched alkanes of at least 4 members (excludes halogenated alkanes) is 5. The van der Waals surface area contributed by atoms with Crippen molar-refractivity contribution in [2.45, 2.75) is 71.3 Å². The molecule has 0 amide bonds. The molecule has 0 aliphatic heterocycles. The fourth-order valence-electron chi connectivity index (χ4n) is 2.54. The number of halogens is 1. The molecule has 0 unspecified atom stereocenters. The molecule has 8 heteroatoms. The Morgan fingerprint density at radius 1 is 1.00 bits per heavy atom. The minimum absolute atomic E-state index is 0.0371. The van der Waals surface area contributed by atoms with E-state index < -0.39 is 22.4 Å². The van der Waals surface area contributed by atoms with Crippen molar-refractivity contribution in [2.24, 2.45) is 0 Å². The summed E-state index contributed by atoms with van der Waals surface area (Å²) in [4.78, 5) is 33.1. The van der Waals surface area contributed by atoms with Gasteiger partial charge in [0.2, 0.25) is 5.82 Å². The van der Waals surface area contributed by atoms with E-state index in [0.717, 1.165) is 31.4 Å². The van der Waals surface area contributed by atoms with E-state index in [1.54, 1.807) is 0 Å². The number of esters is 2. The van der Waals surface area contributed by atoms with Crippen LogP contribution in [0.2, 0.25) is 0 Å². The fraction of sp³-hybridized carbons (Fsp3) is 0.600. The Bertz CT molecular complexity index is 650. The third kappa shape index (κ3) is 9.99. The van der Waals surface area contributed by atoms with Gasteiger partial charge in [-0.25, -0.2) is 0 Å². The van der Waals surface area contributed by atoms with Crippen LogP contribution in [-0.2, 0) is 25.7 Å². The van der Waals surface area contributed by atoms with Crippen molar-refractivity contribution < 1.29 is 28.4 Å². The van der Waals surface area contributed by atoms with Gasteiger partial charge >= 0.3 is 17.6 Å². The summed E-state index contributed by atoms with van der Waals surface area (Å²) in [6.45, 7) is 2.37. The number of ether oxygens (including phenoxy) is 2. The Hall–Kier alpha value is -2.51. The van der Waals surface area contributed by atoms with Gasteiger partial charge in [-0.3, -0.25) is 19.7 Å². The second-order valence-corrected chi connectivity index (χ2v) is 6.55. The summed E-state index contributed by atoms with van der Waals surface area (Å²) in [5.74, 6) is -1.81. The number of carbonyl (C=O) groups excluding carboxylic acids is 2. The molecular weight excluding hydrogens is 369 g/mol. The van der Waals surface area contributed by atoms with Crippen LogP contribution in [-0.4, -0.2) is 23.5 Å². The lowest BCUT2D eigenvalue weighted by atomic mass is 10.1. The first-order valence-electron chi connectivity index (χ1n) is 9.68. The van der Waals surface area contributed by atoms with Crippen LogP contribution in [0.1, 0.15) is 70.3 Å². The van der Waals surface area contributed by atoms with Crippen LogP contribution in [0.25, 0.3) is 0 Å². The molecule has 1 aromatic carbocycles. The van der Waals surface area contributed by atoms with Gasteiger partial charge in [0.25, 0.3) is 0 Å². The van der Waals surface area contributed by atoms with Gasteiger partial charge in [-0.1, -0.05) is 45.1 Å². The van der Waals surface area contributed by atoms with Gasteiger partial charge in [0.15, 0.2) is 0 Å². The van der Waals surface area contributed by atoms with Crippen molar-refractivity contribution in [3.63, 3.8) is 0 Å². The quantitative estimate of drug-likeness (QED) is 0.193. The lowest BCUT2D eigenvalue weighted by Gasteiger charge is -2.06. The molecule has 0 aromatic heterocycles.